The molecule has 0 aliphatic rings. The molecule has 6 nitrogen and oxygen atoms in total. The lowest BCUT2D eigenvalue weighted by molar-refractivity contribution is -0.167. The van der Waals surface area contributed by atoms with E-state index in [0.717, 1.165) is 96.3 Å². The van der Waals surface area contributed by atoms with Crippen LogP contribution in [0.3, 0.4) is 0 Å². The molecule has 6 heteroatoms. The van der Waals surface area contributed by atoms with Crippen LogP contribution in [0.4, 0.5) is 0 Å². The van der Waals surface area contributed by atoms with Gasteiger partial charge in [-0.3, -0.25) is 14.4 Å². The van der Waals surface area contributed by atoms with Gasteiger partial charge in [-0.15, -0.1) is 0 Å². The summed E-state index contributed by atoms with van der Waals surface area (Å²) < 4.78 is 16.9. The van der Waals surface area contributed by atoms with Crippen LogP contribution in [-0.2, 0) is 28.6 Å². The third-order valence-electron chi connectivity index (χ3n) is 14.4. The van der Waals surface area contributed by atoms with E-state index in [1.807, 2.05) is 0 Å². The summed E-state index contributed by atoms with van der Waals surface area (Å²) in [6.45, 7) is 6.53. The van der Waals surface area contributed by atoms with Crippen LogP contribution in [0.2, 0.25) is 0 Å². The Kier molecular flexibility index (Phi) is 61.7. The second-order valence-electron chi connectivity index (χ2n) is 22.0. The molecule has 0 rings (SSSR count). The van der Waals surface area contributed by atoms with Crippen molar-refractivity contribution in [3.8, 4) is 0 Å². The highest BCUT2D eigenvalue weighted by Crippen LogP contribution is 2.17. The first-order valence-corrected chi connectivity index (χ1v) is 32.9. The monoisotopic (exact) mass is 1060 g/mol. The van der Waals surface area contributed by atoms with Crippen molar-refractivity contribution >= 4 is 17.9 Å². The summed E-state index contributed by atoms with van der Waals surface area (Å²) in [5.41, 5.74) is 0. The Morgan fingerprint density at radius 2 is 0.513 bits per heavy atom. The van der Waals surface area contributed by atoms with E-state index in [1.54, 1.807) is 0 Å². The van der Waals surface area contributed by atoms with Crippen molar-refractivity contribution in [3.05, 3.63) is 72.9 Å². The van der Waals surface area contributed by atoms with Crippen molar-refractivity contribution in [1.82, 2.24) is 0 Å². The van der Waals surface area contributed by atoms with Crippen molar-refractivity contribution in [1.29, 1.82) is 0 Å². The van der Waals surface area contributed by atoms with Gasteiger partial charge in [0.2, 0.25) is 0 Å². The van der Waals surface area contributed by atoms with E-state index < -0.39 is 6.10 Å². The van der Waals surface area contributed by atoms with E-state index in [2.05, 4.69) is 93.7 Å². The molecule has 76 heavy (non-hydrogen) atoms. The van der Waals surface area contributed by atoms with E-state index in [4.69, 9.17) is 14.2 Å². The Morgan fingerprint density at radius 1 is 0.276 bits per heavy atom. The van der Waals surface area contributed by atoms with Crippen LogP contribution in [0.5, 0.6) is 0 Å². The van der Waals surface area contributed by atoms with E-state index in [0.29, 0.717) is 19.3 Å². The number of ether oxygens (including phenoxy) is 3. The standard InChI is InChI=1S/C70H124O6/c1-4-7-10-13-16-19-21-23-25-27-29-31-33-34-35-36-38-39-41-43-45-47-49-51-54-57-60-63-69(72)75-66-67(65-74-68(71)62-59-56-53-18-15-12-9-6-3)76-70(73)64-61-58-55-52-50-48-46-44-42-40-37-32-30-28-26-24-22-20-17-14-11-8-5-2/h8,11,17,20,24,26-27,29-30,32,40,42,67H,4-7,9-10,12-16,18-19,21-23,25,28,31,33-39,41,43-66H2,1-3H3/b11-8-,20-17-,26-24-,29-27-,32-30-,42-40-. The van der Waals surface area contributed by atoms with Gasteiger partial charge >= 0.3 is 17.9 Å². The predicted octanol–water partition coefficient (Wildman–Crippen LogP) is 22.5. The smallest absolute Gasteiger partial charge is 0.306 e. The molecule has 0 spiro atoms. The molecule has 0 aromatic heterocycles. The normalized spacial score (nSPS) is 12.5. The molecule has 0 aromatic carbocycles. The molecular weight excluding hydrogens is 937 g/mol. The highest BCUT2D eigenvalue weighted by molar-refractivity contribution is 5.71. The topological polar surface area (TPSA) is 78.9 Å². The number of unbranched alkanes of at least 4 members (excludes halogenated alkanes) is 37. The molecule has 0 N–H and O–H groups in total. The highest BCUT2D eigenvalue weighted by Gasteiger charge is 2.19. The van der Waals surface area contributed by atoms with Crippen LogP contribution >= 0.6 is 0 Å². The molecule has 0 saturated carbocycles. The summed E-state index contributed by atoms with van der Waals surface area (Å²) in [5, 5.41) is 0. The second-order valence-corrected chi connectivity index (χ2v) is 22.0. The Bertz CT molecular complexity index is 1400. The fourth-order valence-electron chi connectivity index (χ4n) is 9.53. The molecule has 440 valence electrons. The number of hydrogen-bond acceptors (Lipinski definition) is 6. The first-order chi connectivity index (χ1) is 37.5. The summed E-state index contributed by atoms with van der Waals surface area (Å²) in [7, 11) is 0. The van der Waals surface area contributed by atoms with E-state index in [-0.39, 0.29) is 31.1 Å². The van der Waals surface area contributed by atoms with Crippen molar-refractivity contribution in [2.75, 3.05) is 13.2 Å². The van der Waals surface area contributed by atoms with Crippen LogP contribution in [0.1, 0.15) is 335 Å². The summed E-state index contributed by atoms with van der Waals surface area (Å²) in [6, 6.07) is 0. The molecule has 0 fully saturated rings. The van der Waals surface area contributed by atoms with Gasteiger partial charge in [-0.05, 0) is 89.9 Å². The largest absolute Gasteiger partial charge is 0.462 e. The van der Waals surface area contributed by atoms with E-state index in [1.165, 1.54) is 199 Å². The maximum Gasteiger partial charge on any atom is 0.306 e. The van der Waals surface area contributed by atoms with Gasteiger partial charge in [-0.1, -0.05) is 299 Å². The Labute approximate surface area is 472 Å². The van der Waals surface area contributed by atoms with Crippen molar-refractivity contribution in [2.45, 2.75) is 341 Å². The maximum atomic E-state index is 12.9. The Balaban J connectivity index is 4.15. The fourth-order valence-corrected chi connectivity index (χ4v) is 9.53. The lowest BCUT2D eigenvalue weighted by Crippen LogP contribution is -2.30. The Morgan fingerprint density at radius 3 is 0.816 bits per heavy atom. The molecule has 1 atom stereocenters. The van der Waals surface area contributed by atoms with Crippen molar-refractivity contribution in [2.24, 2.45) is 0 Å². The molecule has 0 bridgehead atoms. The summed E-state index contributed by atoms with van der Waals surface area (Å²) in [6.07, 6.45) is 83.6. The van der Waals surface area contributed by atoms with Gasteiger partial charge in [0, 0.05) is 19.3 Å². The molecule has 0 heterocycles. The fraction of sp³-hybridized carbons (Fsp3) is 0.786. The quantitative estimate of drug-likeness (QED) is 0.0261. The minimum Gasteiger partial charge on any atom is -0.462 e. The number of hydrogen-bond donors (Lipinski definition) is 0. The zero-order chi connectivity index (χ0) is 55.0. The summed E-state index contributed by atoms with van der Waals surface area (Å²) in [4.78, 5) is 38.2. The summed E-state index contributed by atoms with van der Waals surface area (Å²) in [5.74, 6) is -0.878. The minimum absolute atomic E-state index is 0.0768. The lowest BCUT2D eigenvalue weighted by atomic mass is 10.0. The van der Waals surface area contributed by atoms with Crippen LogP contribution in [0, 0.1) is 0 Å². The predicted molar refractivity (Wildman–Crippen MR) is 330 cm³/mol. The lowest BCUT2D eigenvalue weighted by Gasteiger charge is -2.18. The van der Waals surface area contributed by atoms with Crippen LogP contribution in [0.25, 0.3) is 0 Å². The van der Waals surface area contributed by atoms with Crippen LogP contribution < -0.4 is 0 Å². The van der Waals surface area contributed by atoms with E-state index in [9.17, 15) is 14.4 Å². The number of rotatable bonds is 60. The van der Waals surface area contributed by atoms with Gasteiger partial charge < -0.3 is 14.2 Å². The van der Waals surface area contributed by atoms with E-state index >= 15 is 0 Å². The third kappa shape index (κ3) is 61.7. The number of carbonyl (C=O) groups excluding carboxylic acids is 3. The van der Waals surface area contributed by atoms with Gasteiger partial charge in [-0.2, -0.15) is 0 Å². The second kappa shape index (κ2) is 64.4. The van der Waals surface area contributed by atoms with Crippen molar-refractivity contribution < 1.29 is 28.6 Å². The molecule has 0 aliphatic carbocycles. The zero-order valence-corrected chi connectivity index (χ0v) is 50.5. The molecule has 0 amide bonds. The number of esters is 3. The van der Waals surface area contributed by atoms with Crippen molar-refractivity contribution in [3.63, 3.8) is 0 Å². The first-order valence-electron chi connectivity index (χ1n) is 32.9. The molecule has 0 radical (unpaired) electrons. The number of allylic oxidation sites excluding steroid dienone is 12. The Hall–Kier alpha value is -3.15. The van der Waals surface area contributed by atoms with Gasteiger partial charge in [0.25, 0.3) is 0 Å². The first kappa shape index (κ1) is 72.8. The molecule has 0 aliphatic heterocycles. The van der Waals surface area contributed by atoms with Gasteiger partial charge in [-0.25, -0.2) is 0 Å². The third-order valence-corrected chi connectivity index (χ3v) is 14.4. The molecule has 1 unspecified atom stereocenters. The number of carbonyl (C=O) groups is 3. The molecule has 0 aromatic rings. The van der Waals surface area contributed by atoms with Crippen LogP contribution in [-0.4, -0.2) is 37.2 Å². The van der Waals surface area contributed by atoms with Gasteiger partial charge in [0.1, 0.15) is 13.2 Å². The summed E-state index contributed by atoms with van der Waals surface area (Å²) >= 11 is 0. The van der Waals surface area contributed by atoms with Gasteiger partial charge in [0.15, 0.2) is 6.10 Å². The molecular formula is C70H124O6. The minimum atomic E-state index is -0.779. The molecule has 0 saturated heterocycles. The SMILES string of the molecule is CC/C=C\C/C=C\C/C=C\C/C=C\C/C=C\CCCCCCCCCC(=O)OC(COC(=O)CCCCCCCCCC)COC(=O)CCCCCCCCCCCCCCCCC/C=C\CCCCCCCCCC. The van der Waals surface area contributed by atoms with Gasteiger partial charge in [0.05, 0.1) is 0 Å². The highest BCUT2D eigenvalue weighted by atomic mass is 16.6. The average molecular weight is 1060 g/mol. The maximum absolute atomic E-state index is 12.9. The zero-order valence-electron chi connectivity index (χ0n) is 50.5. The van der Waals surface area contributed by atoms with Crippen LogP contribution in [0.15, 0.2) is 72.9 Å². The average Bonchev–Trinajstić information content (AvgIpc) is 3.42.